The molecular formula is C15H22N4O5S. The van der Waals surface area contributed by atoms with Crippen LogP contribution in [0.3, 0.4) is 0 Å². The Morgan fingerprint density at radius 1 is 1.32 bits per heavy atom. The molecule has 2 fully saturated rings. The van der Waals surface area contributed by atoms with E-state index in [1.54, 1.807) is 4.90 Å². The second-order valence-corrected chi connectivity index (χ2v) is 7.28. The molecule has 3 rings (SSSR count). The van der Waals surface area contributed by atoms with Crippen LogP contribution in [0.15, 0.2) is 9.95 Å². The Balaban J connectivity index is 1.52. The van der Waals surface area contributed by atoms with Gasteiger partial charge in [-0.05, 0) is 25.7 Å². The number of carboxylic acids is 1. The molecule has 1 aromatic heterocycles. The number of rotatable bonds is 6. The Morgan fingerprint density at radius 2 is 2.08 bits per heavy atom. The van der Waals surface area contributed by atoms with Crippen molar-refractivity contribution in [2.75, 3.05) is 25.4 Å². The van der Waals surface area contributed by atoms with Crippen LogP contribution >= 0.6 is 11.8 Å². The van der Waals surface area contributed by atoms with Gasteiger partial charge in [0.15, 0.2) is 5.16 Å². The lowest BCUT2D eigenvalue weighted by Gasteiger charge is -2.30. The minimum atomic E-state index is -0.795. The standard InChI is InChI=1S/C15H22N4O5S/c20-12(18-5-3-10(4-6-18)13(21)22)9-25-15-17-16-14(23)19(15)8-11-2-1-7-24-11/h10-11H,1-9H2,(H,16,23)(H,21,22)/t11-/m0/s1. The number of nitrogens with one attached hydrogen (secondary N) is 1. The summed E-state index contributed by atoms with van der Waals surface area (Å²) in [5.74, 6) is -1.04. The minimum Gasteiger partial charge on any atom is -0.481 e. The molecular weight excluding hydrogens is 348 g/mol. The van der Waals surface area contributed by atoms with E-state index in [0.29, 0.717) is 44.2 Å². The van der Waals surface area contributed by atoms with Gasteiger partial charge in [-0.15, -0.1) is 5.10 Å². The van der Waals surface area contributed by atoms with Gasteiger partial charge >= 0.3 is 11.7 Å². The van der Waals surface area contributed by atoms with Gasteiger partial charge in [0.1, 0.15) is 0 Å². The van der Waals surface area contributed by atoms with Crippen LogP contribution in [-0.4, -0.2) is 68.2 Å². The number of hydrogen-bond donors (Lipinski definition) is 2. The number of hydrogen-bond acceptors (Lipinski definition) is 6. The number of ether oxygens (including phenoxy) is 1. The maximum absolute atomic E-state index is 12.3. The van der Waals surface area contributed by atoms with Crippen LogP contribution in [0, 0.1) is 5.92 Å². The summed E-state index contributed by atoms with van der Waals surface area (Å²) in [6.45, 7) is 2.07. The molecule has 138 valence electrons. The molecule has 1 atom stereocenters. The Morgan fingerprint density at radius 3 is 2.72 bits per heavy atom. The van der Waals surface area contributed by atoms with E-state index in [1.165, 1.54) is 16.3 Å². The number of aromatic nitrogens is 3. The zero-order valence-electron chi connectivity index (χ0n) is 13.8. The fourth-order valence-corrected chi connectivity index (χ4v) is 4.02. The molecule has 0 bridgehead atoms. The first-order valence-electron chi connectivity index (χ1n) is 8.45. The predicted octanol–water partition coefficient (Wildman–Crippen LogP) is 0.166. The highest BCUT2D eigenvalue weighted by atomic mass is 32.2. The smallest absolute Gasteiger partial charge is 0.344 e. The van der Waals surface area contributed by atoms with E-state index in [2.05, 4.69) is 10.2 Å². The summed E-state index contributed by atoms with van der Waals surface area (Å²) < 4.78 is 7.07. The molecule has 2 aliphatic rings. The number of nitrogens with zero attached hydrogens (tertiary/aromatic N) is 3. The molecule has 0 spiro atoms. The number of amides is 1. The SMILES string of the molecule is O=C(O)C1CCN(C(=O)CSc2n[nH]c(=O)n2C[C@@H]2CCCO2)CC1. The van der Waals surface area contributed by atoms with Crippen LogP contribution in [0.2, 0.25) is 0 Å². The lowest BCUT2D eigenvalue weighted by Crippen LogP contribution is -2.41. The van der Waals surface area contributed by atoms with Crippen molar-refractivity contribution in [3.63, 3.8) is 0 Å². The van der Waals surface area contributed by atoms with E-state index < -0.39 is 5.97 Å². The zero-order valence-corrected chi connectivity index (χ0v) is 14.7. The molecule has 2 N–H and O–H groups in total. The van der Waals surface area contributed by atoms with Gasteiger partial charge in [-0.25, -0.2) is 9.89 Å². The van der Waals surface area contributed by atoms with Gasteiger partial charge in [0.2, 0.25) is 5.91 Å². The Labute approximate surface area is 148 Å². The Hall–Kier alpha value is -1.81. The summed E-state index contributed by atoms with van der Waals surface area (Å²) in [5, 5.41) is 15.9. The van der Waals surface area contributed by atoms with Crippen LogP contribution in [0.5, 0.6) is 0 Å². The maximum Gasteiger partial charge on any atom is 0.344 e. The monoisotopic (exact) mass is 370 g/mol. The summed E-state index contributed by atoms with van der Waals surface area (Å²) in [4.78, 5) is 36.9. The highest BCUT2D eigenvalue weighted by Gasteiger charge is 2.27. The molecule has 1 aromatic rings. The van der Waals surface area contributed by atoms with Gasteiger partial charge in [0.25, 0.3) is 0 Å². The van der Waals surface area contributed by atoms with Crippen LogP contribution < -0.4 is 5.69 Å². The molecule has 0 aliphatic carbocycles. The summed E-state index contributed by atoms with van der Waals surface area (Å²) in [7, 11) is 0. The number of piperidine rings is 1. The maximum atomic E-state index is 12.3. The lowest BCUT2D eigenvalue weighted by molar-refractivity contribution is -0.145. The van der Waals surface area contributed by atoms with Crippen molar-refractivity contribution in [1.29, 1.82) is 0 Å². The third kappa shape index (κ3) is 4.43. The molecule has 0 unspecified atom stereocenters. The van der Waals surface area contributed by atoms with E-state index in [0.717, 1.165) is 12.8 Å². The number of thioether (sulfide) groups is 1. The number of likely N-dealkylation sites (tertiary alicyclic amines) is 1. The van der Waals surface area contributed by atoms with Crippen molar-refractivity contribution in [3.8, 4) is 0 Å². The molecule has 10 heteroatoms. The third-order valence-corrected chi connectivity index (χ3v) is 5.62. The van der Waals surface area contributed by atoms with Crippen molar-refractivity contribution in [2.45, 2.75) is 43.5 Å². The Kier molecular flexibility index (Phi) is 5.79. The van der Waals surface area contributed by atoms with E-state index in [1.807, 2.05) is 0 Å². The molecule has 0 radical (unpaired) electrons. The van der Waals surface area contributed by atoms with E-state index in [-0.39, 0.29) is 29.4 Å². The lowest BCUT2D eigenvalue weighted by atomic mass is 9.97. The molecule has 25 heavy (non-hydrogen) atoms. The zero-order chi connectivity index (χ0) is 17.8. The minimum absolute atomic E-state index is 0.0143. The van der Waals surface area contributed by atoms with Crippen molar-refractivity contribution in [2.24, 2.45) is 5.92 Å². The number of carboxylic acid groups (broad SMARTS) is 1. The van der Waals surface area contributed by atoms with Crippen LogP contribution in [0.4, 0.5) is 0 Å². The molecule has 2 saturated heterocycles. The highest BCUT2D eigenvalue weighted by molar-refractivity contribution is 7.99. The summed E-state index contributed by atoms with van der Waals surface area (Å²) >= 11 is 1.22. The van der Waals surface area contributed by atoms with Gasteiger partial charge in [-0.2, -0.15) is 0 Å². The first kappa shape index (κ1) is 18.0. The Bertz CT molecular complexity index is 674. The largest absolute Gasteiger partial charge is 0.481 e. The molecule has 3 heterocycles. The van der Waals surface area contributed by atoms with Crippen molar-refractivity contribution >= 4 is 23.6 Å². The normalized spacial score (nSPS) is 21.6. The van der Waals surface area contributed by atoms with Crippen molar-refractivity contribution < 1.29 is 19.4 Å². The molecule has 0 aromatic carbocycles. The van der Waals surface area contributed by atoms with Gasteiger partial charge in [0.05, 0.1) is 24.3 Å². The van der Waals surface area contributed by atoms with Crippen molar-refractivity contribution in [3.05, 3.63) is 10.5 Å². The second-order valence-electron chi connectivity index (χ2n) is 6.34. The predicted molar refractivity (Wildman–Crippen MR) is 89.5 cm³/mol. The number of aromatic amines is 1. The van der Waals surface area contributed by atoms with E-state index in [9.17, 15) is 14.4 Å². The fourth-order valence-electron chi connectivity index (χ4n) is 3.16. The first-order chi connectivity index (χ1) is 12.0. The quantitative estimate of drug-likeness (QED) is 0.685. The summed E-state index contributed by atoms with van der Waals surface area (Å²) in [6, 6.07) is 0. The topological polar surface area (TPSA) is 118 Å². The van der Waals surface area contributed by atoms with Gasteiger partial charge in [-0.1, -0.05) is 11.8 Å². The number of carbonyl (C=O) groups is 2. The molecule has 2 aliphatic heterocycles. The number of H-pyrrole nitrogens is 1. The molecule has 0 saturated carbocycles. The molecule has 9 nitrogen and oxygen atoms in total. The third-order valence-electron chi connectivity index (χ3n) is 4.66. The first-order valence-corrected chi connectivity index (χ1v) is 9.43. The molecule has 1 amide bonds. The number of carbonyl (C=O) groups excluding carboxylic acids is 1. The van der Waals surface area contributed by atoms with Gasteiger partial charge in [0, 0.05) is 19.7 Å². The highest BCUT2D eigenvalue weighted by Crippen LogP contribution is 2.21. The fraction of sp³-hybridized carbons (Fsp3) is 0.733. The summed E-state index contributed by atoms with van der Waals surface area (Å²) in [5.41, 5.74) is -0.298. The summed E-state index contributed by atoms with van der Waals surface area (Å²) in [6.07, 6.45) is 2.89. The van der Waals surface area contributed by atoms with Gasteiger partial charge in [-0.3, -0.25) is 14.2 Å². The van der Waals surface area contributed by atoms with Crippen LogP contribution in [0.25, 0.3) is 0 Å². The van der Waals surface area contributed by atoms with Gasteiger partial charge < -0.3 is 14.7 Å². The van der Waals surface area contributed by atoms with Crippen molar-refractivity contribution in [1.82, 2.24) is 19.7 Å². The van der Waals surface area contributed by atoms with E-state index >= 15 is 0 Å². The average molecular weight is 370 g/mol. The van der Waals surface area contributed by atoms with Crippen LogP contribution in [-0.2, 0) is 20.9 Å². The second kappa shape index (κ2) is 8.05. The average Bonchev–Trinajstić information content (AvgIpc) is 3.24. The van der Waals surface area contributed by atoms with Crippen LogP contribution in [0.1, 0.15) is 25.7 Å². The number of aliphatic carboxylic acids is 1. The van der Waals surface area contributed by atoms with E-state index in [4.69, 9.17) is 9.84 Å².